The molecule has 0 heterocycles. The fourth-order valence-electron chi connectivity index (χ4n) is 1.42. The van der Waals surface area contributed by atoms with E-state index in [0.717, 1.165) is 14.7 Å². The van der Waals surface area contributed by atoms with Crippen molar-refractivity contribution in [3.63, 3.8) is 0 Å². The van der Waals surface area contributed by atoms with Crippen LogP contribution in [-0.2, 0) is 0 Å². The molecular weight excluding hydrogens is 476 g/mol. The molecule has 0 unspecified atom stereocenters. The van der Waals surface area contributed by atoms with Gasteiger partial charge in [-0.3, -0.25) is 14.1 Å². The summed E-state index contributed by atoms with van der Waals surface area (Å²) < 4.78 is 0. The number of hydrogen-bond acceptors (Lipinski definition) is 3. The molecule has 3 aromatic carbocycles. The van der Waals surface area contributed by atoms with E-state index in [2.05, 4.69) is 0 Å². The number of benzene rings is 3. The van der Waals surface area contributed by atoms with Gasteiger partial charge in [-0.2, -0.15) is 0 Å². The summed E-state index contributed by atoms with van der Waals surface area (Å²) in [6, 6.07) is 29.5. The quantitative estimate of drug-likeness (QED) is 0.357. The molecule has 9 heteroatoms. The van der Waals surface area contributed by atoms with Gasteiger partial charge >= 0.3 is 0 Å². The Hall–Kier alpha value is -0.630. The highest BCUT2D eigenvalue weighted by molar-refractivity contribution is 8.21. The topological polar surface area (TPSA) is 0 Å². The molecule has 0 aliphatic rings. The monoisotopic (exact) mass is 492 g/mol. The fourth-order valence-corrected chi connectivity index (χ4v) is 3.12. The molecule has 0 bridgehead atoms. The highest BCUT2D eigenvalue weighted by Crippen LogP contribution is 2.21. The van der Waals surface area contributed by atoms with Crippen molar-refractivity contribution in [2.45, 2.75) is 14.7 Å². The van der Waals surface area contributed by atoms with Crippen molar-refractivity contribution in [1.29, 1.82) is 0 Å². The molecule has 0 saturated carbocycles. The van der Waals surface area contributed by atoms with Gasteiger partial charge in [0.2, 0.25) is 0 Å². The minimum absolute atomic E-state index is 0. The van der Waals surface area contributed by atoms with Gasteiger partial charge in [-0.25, -0.2) is 0 Å². The van der Waals surface area contributed by atoms with Gasteiger partial charge in [0.15, 0.2) is 0 Å². The Morgan fingerprint density at radius 1 is 0.370 bits per heavy atom. The van der Waals surface area contributed by atoms with Crippen LogP contribution in [0.5, 0.6) is 0 Å². The molecule has 0 aliphatic carbocycles. The Labute approximate surface area is 184 Å². The number of hydrogen-bond donors (Lipinski definition) is 0. The van der Waals surface area contributed by atoms with Crippen LogP contribution < -0.4 is 0 Å². The van der Waals surface area contributed by atoms with Gasteiger partial charge in [0, 0.05) is 14.7 Å². The second-order valence-corrected chi connectivity index (χ2v) is 7.44. The molecule has 0 saturated heterocycles. The third kappa shape index (κ3) is 16.1. The average Bonchev–Trinajstić information content (AvgIpc) is 2.71. The smallest absolute Gasteiger partial charge is 0.0233 e. The van der Waals surface area contributed by atoms with Crippen LogP contribution in [0.2, 0.25) is 0 Å². The van der Waals surface area contributed by atoms with Gasteiger partial charge in [-0.1, -0.05) is 54.6 Å². The zero-order valence-corrected chi connectivity index (χ0v) is 18.5. The first-order chi connectivity index (χ1) is 11.8. The maximum Gasteiger partial charge on any atom is 0.0233 e. The largest absolute Gasteiger partial charge is 0.269 e. The molecule has 150 valence electrons. The summed E-state index contributed by atoms with van der Waals surface area (Å²) >= 11 is 0. The summed E-state index contributed by atoms with van der Waals surface area (Å²) in [6.45, 7) is 0. The molecule has 0 aromatic heterocycles. The molecule has 27 heavy (non-hydrogen) atoms. The zero-order valence-electron chi connectivity index (χ0n) is 13.7. The highest BCUT2D eigenvalue weighted by atomic mass is 35.7. The van der Waals surface area contributed by atoms with Crippen molar-refractivity contribution in [2.75, 3.05) is 0 Å². The molecule has 3 aromatic rings. The molecule has 0 amide bonds. The molecule has 0 spiro atoms. The Morgan fingerprint density at radius 2 is 0.556 bits per heavy atom. The van der Waals surface area contributed by atoms with Gasteiger partial charge in [-0.05, 0) is 101 Å². The van der Waals surface area contributed by atoms with Crippen molar-refractivity contribution < 1.29 is 14.1 Å². The van der Waals surface area contributed by atoms with E-state index in [0.29, 0.717) is 0 Å². The Kier molecular flexibility index (Phi) is 24.9. The van der Waals surface area contributed by atoms with Crippen LogP contribution in [0.1, 0.15) is 0 Å². The summed E-state index contributed by atoms with van der Waals surface area (Å²) in [6.07, 6.45) is 0. The first-order valence-electron chi connectivity index (χ1n) is 6.81. The molecule has 0 fully saturated rings. The number of rotatable bonds is 3. The lowest BCUT2D eigenvalue weighted by molar-refractivity contribution is 1.11. The van der Waals surface area contributed by atoms with E-state index in [1.54, 1.807) is 0 Å². The molecule has 0 aliphatic heterocycles. The van der Waals surface area contributed by atoms with Crippen LogP contribution in [0.15, 0.2) is 106 Å². The minimum atomic E-state index is 0. The van der Waals surface area contributed by atoms with Crippen LogP contribution in [0, 0.1) is 0 Å². The first kappa shape index (κ1) is 31.1. The van der Waals surface area contributed by atoms with E-state index >= 15 is 0 Å². The van der Waals surface area contributed by atoms with E-state index in [9.17, 15) is 0 Å². The Balaban J connectivity index is -0.000000303. The first-order valence-corrected chi connectivity index (χ1v) is 11.7. The molecule has 3 rings (SSSR count). The fraction of sp³-hybridized carbons (Fsp3) is 0. The maximum atomic E-state index is 5.44. The van der Waals surface area contributed by atoms with Crippen LogP contribution in [-0.4, -0.2) is 0 Å². The van der Waals surface area contributed by atoms with E-state index < -0.39 is 0 Å². The maximum absolute atomic E-state index is 5.44. The van der Waals surface area contributed by atoms with Crippen LogP contribution in [0.4, 0.5) is 14.1 Å². The zero-order chi connectivity index (χ0) is 17.5. The molecule has 0 atom stereocenters. The van der Waals surface area contributed by atoms with E-state index in [4.69, 9.17) is 32.0 Å². The van der Waals surface area contributed by atoms with Gasteiger partial charge < -0.3 is 0 Å². The Morgan fingerprint density at radius 3 is 0.667 bits per heavy atom. The van der Waals surface area contributed by atoms with E-state index in [-0.39, 0.29) is 14.1 Å². The van der Waals surface area contributed by atoms with Gasteiger partial charge in [0.1, 0.15) is 0 Å². The third-order valence-electron chi connectivity index (χ3n) is 2.50. The standard InChI is InChI=1S/3C6H5ClS.3FH/c3*7-8-6-4-2-1-3-5-6;;;/h3*1-5H;3*1H. The van der Waals surface area contributed by atoms with Crippen LogP contribution >= 0.6 is 65.0 Å². The van der Waals surface area contributed by atoms with E-state index in [1.165, 1.54) is 32.9 Å². The second-order valence-electron chi connectivity index (χ2n) is 4.17. The summed E-state index contributed by atoms with van der Waals surface area (Å²) in [5, 5.41) is 0. The molecule has 0 nitrogen and oxygen atoms in total. The van der Waals surface area contributed by atoms with Gasteiger partial charge in [0.05, 0.1) is 0 Å². The number of halogens is 6. The SMILES string of the molecule is ClSc1ccccc1.ClSc1ccccc1.ClSc1ccccc1.F.F.F. The van der Waals surface area contributed by atoms with Crippen LogP contribution in [0.25, 0.3) is 0 Å². The molecule has 0 radical (unpaired) electrons. The Bertz CT molecular complexity index is 557. The third-order valence-corrected chi connectivity index (χ3v) is 5.45. The predicted octanol–water partition coefficient (Wildman–Crippen LogP) is 9.25. The van der Waals surface area contributed by atoms with Crippen molar-refractivity contribution in [2.24, 2.45) is 0 Å². The second kappa shape index (κ2) is 21.7. The summed E-state index contributed by atoms with van der Waals surface area (Å²) in [4.78, 5) is 3.28. The van der Waals surface area contributed by atoms with Crippen molar-refractivity contribution in [3.8, 4) is 0 Å². The summed E-state index contributed by atoms with van der Waals surface area (Å²) in [5.41, 5.74) is 0. The lowest BCUT2D eigenvalue weighted by atomic mass is 10.4. The average molecular weight is 494 g/mol. The van der Waals surface area contributed by atoms with Crippen molar-refractivity contribution >= 4 is 65.0 Å². The van der Waals surface area contributed by atoms with E-state index in [1.807, 2.05) is 91.0 Å². The minimum Gasteiger partial charge on any atom is -0.269 e. The molecule has 0 N–H and O–H groups in total. The molecular formula is C18H18Cl3F3S3. The lowest BCUT2D eigenvalue weighted by Gasteiger charge is -1.86. The normalized spacial score (nSPS) is 8.11. The summed E-state index contributed by atoms with van der Waals surface area (Å²) in [5.74, 6) is 0. The lowest BCUT2D eigenvalue weighted by Crippen LogP contribution is -1.59. The van der Waals surface area contributed by atoms with Crippen LogP contribution in [0.3, 0.4) is 0 Å². The summed E-state index contributed by atoms with van der Waals surface area (Å²) in [7, 11) is 20.1. The highest BCUT2D eigenvalue weighted by Gasteiger charge is 1.84. The predicted molar refractivity (Wildman–Crippen MR) is 122 cm³/mol. The van der Waals surface area contributed by atoms with Crippen molar-refractivity contribution in [1.82, 2.24) is 0 Å². The van der Waals surface area contributed by atoms with Crippen molar-refractivity contribution in [3.05, 3.63) is 91.0 Å². The van der Waals surface area contributed by atoms with Gasteiger partial charge in [-0.15, -0.1) is 0 Å². The van der Waals surface area contributed by atoms with Gasteiger partial charge in [0.25, 0.3) is 0 Å².